The topological polar surface area (TPSA) is 92.6 Å². The van der Waals surface area contributed by atoms with Crippen LogP contribution in [0.25, 0.3) is 0 Å². The number of amides is 1. The molecule has 0 unspecified atom stereocenters. The third-order valence-corrected chi connectivity index (χ3v) is 3.99. The van der Waals surface area contributed by atoms with Gasteiger partial charge >= 0.3 is 0 Å². The molecular formula is C15H23N3O2. The average molecular weight is 277 g/mol. The number of nitrogen functional groups attached to an aromatic ring is 1. The van der Waals surface area contributed by atoms with Crippen molar-refractivity contribution in [1.29, 1.82) is 0 Å². The standard InChI is InChI=1S/C15H23N3O2/c16-14-7-6-12(10-13(14)15(17)20)18(8-9-19)11-4-2-1-3-5-11/h6-7,10-11,19H,1-5,8-9,16H2,(H2,17,20). The van der Waals surface area contributed by atoms with E-state index in [0.717, 1.165) is 18.5 Å². The molecule has 0 spiro atoms. The highest BCUT2D eigenvalue weighted by atomic mass is 16.3. The molecule has 20 heavy (non-hydrogen) atoms. The van der Waals surface area contributed by atoms with Gasteiger partial charge in [0, 0.05) is 24.0 Å². The van der Waals surface area contributed by atoms with Crippen molar-refractivity contribution in [3.8, 4) is 0 Å². The first kappa shape index (κ1) is 14.7. The molecule has 110 valence electrons. The Hall–Kier alpha value is -1.75. The number of primary amides is 1. The fraction of sp³-hybridized carbons (Fsp3) is 0.533. The van der Waals surface area contributed by atoms with Crippen molar-refractivity contribution in [1.82, 2.24) is 0 Å². The monoisotopic (exact) mass is 277 g/mol. The Balaban J connectivity index is 2.28. The van der Waals surface area contributed by atoms with Gasteiger partial charge in [0.1, 0.15) is 0 Å². The number of anilines is 2. The highest BCUT2D eigenvalue weighted by Gasteiger charge is 2.22. The summed E-state index contributed by atoms with van der Waals surface area (Å²) < 4.78 is 0. The van der Waals surface area contributed by atoms with E-state index >= 15 is 0 Å². The smallest absolute Gasteiger partial charge is 0.250 e. The van der Waals surface area contributed by atoms with Gasteiger partial charge in [-0.1, -0.05) is 19.3 Å². The number of hydrogen-bond acceptors (Lipinski definition) is 4. The van der Waals surface area contributed by atoms with E-state index < -0.39 is 5.91 Å². The molecular weight excluding hydrogens is 254 g/mol. The average Bonchev–Trinajstić information content (AvgIpc) is 2.46. The predicted octanol–water partition coefficient (Wildman–Crippen LogP) is 1.50. The van der Waals surface area contributed by atoms with Crippen molar-refractivity contribution < 1.29 is 9.90 Å². The summed E-state index contributed by atoms with van der Waals surface area (Å²) in [6, 6.07) is 5.76. The largest absolute Gasteiger partial charge is 0.398 e. The fourth-order valence-corrected chi connectivity index (χ4v) is 2.96. The van der Waals surface area contributed by atoms with Gasteiger partial charge in [-0.15, -0.1) is 0 Å². The normalized spacial score (nSPS) is 16.1. The van der Waals surface area contributed by atoms with Crippen molar-refractivity contribution in [2.75, 3.05) is 23.8 Å². The SMILES string of the molecule is NC(=O)c1cc(N(CCO)C2CCCCC2)ccc1N. The number of carbonyl (C=O) groups is 1. The third-order valence-electron chi connectivity index (χ3n) is 3.99. The summed E-state index contributed by atoms with van der Waals surface area (Å²) in [6.45, 7) is 0.652. The maximum absolute atomic E-state index is 11.4. The molecule has 5 N–H and O–H groups in total. The van der Waals surface area contributed by atoms with Crippen LogP contribution in [0.3, 0.4) is 0 Å². The van der Waals surface area contributed by atoms with Crippen LogP contribution in [0.2, 0.25) is 0 Å². The molecule has 1 amide bonds. The van der Waals surface area contributed by atoms with Crippen LogP contribution in [0.1, 0.15) is 42.5 Å². The first-order valence-corrected chi connectivity index (χ1v) is 7.20. The Morgan fingerprint density at radius 2 is 2.00 bits per heavy atom. The zero-order valence-electron chi connectivity index (χ0n) is 11.7. The van der Waals surface area contributed by atoms with Gasteiger partial charge in [0.15, 0.2) is 0 Å². The number of aliphatic hydroxyl groups is 1. The predicted molar refractivity (Wildman–Crippen MR) is 80.7 cm³/mol. The van der Waals surface area contributed by atoms with E-state index in [-0.39, 0.29) is 6.61 Å². The second kappa shape index (κ2) is 6.61. The van der Waals surface area contributed by atoms with Crippen LogP contribution >= 0.6 is 0 Å². The zero-order chi connectivity index (χ0) is 14.5. The molecule has 1 saturated carbocycles. The summed E-state index contributed by atoms with van der Waals surface area (Å²) >= 11 is 0. The van der Waals surface area contributed by atoms with Gasteiger partial charge in [0.2, 0.25) is 0 Å². The molecule has 1 fully saturated rings. The maximum atomic E-state index is 11.4. The zero-order valence-corrected chi connectivity index (χ0v) is 11.7. The Labute approximate surface area is 119 Å². The lowest BCUT2D eigenvalue weighted by Crippen LogP contribution is -2.39. The van der Waals surface area contributed by atoms with Crippen molar-refractivity contribution in [2.45, 2.75) is 38.1 Å². The van der Waals surface area contributed by atoms with E-state index in [9.17, 15) is 9.90 Å². The summed E-state index contributed by atoms with van der Waals surface area (Å²) in [7, 11) is 0. The highest BCUT2D eigenvalue weighted by Crippen LogP contribution is 2.29. The van der Waals surface area contributed by atoms with Gasteiger partial charge in [0.25, 0.3) is 5.91 Å². The summed E-state index contributed by atoms with van der Waals surface area (Å²) in [5, 5.41) is 9.30. The Morgan fingerprint density at radius 1 is 1.30 bits per heavy atom. The number of rotatable bonds is 5. The molecule has 5 nitrogen and oxygen atoms in total. The van der Waals surface area contributed by atoms with E-state index in [4.69, 9.17) is 11.5 Å². The minimum absolute atomic E-state index is 0.0901. The molecule has 2 rings (SSSR count). The third kappa shape index (κ3) is 3.22. The molecule has 0 atom stereocenters. The van der Waals surface area contributed by atoms with Crippen LogP contribution in [0.5, 0.6) is 0 Å². The lowest BCUT2D eigenvalue weighted by molar-refractivity contribution is 0.100. The molecule has 1 aromatic carbocycles. The van der Waals surface area contributed by atoms with Gasteiger partial charge in [0.05, 0.1) is 12.2 Å². The minimum atomic E-state index is -0.517. The Kier molecular flexibility index (Phi) is 4.84. The fourth-order valence-electron chi connectivity index (χ4n) is 2.96. The van der Waals surface area contributed by atoms with E-state index in [1.54, 1.807) is 12.1 Å². The molecule has 0 heterocycles. The van der Waals surface area contributed by atoms with E-state index in [0.29, 0.717) is 23.8 Å². The molecule has 0 bridgehead atoms. The number of nitrogens with zero attached hydrogens (tertiary/aromatic N) is 1. The van der Waals surface area contributed by atoms with Crippen LogP contribution in [0.4, 0.5) is 11.4 Å². The van der Waals surface area contributed by atoms with Gasteiger partial charge in [-0.25, -0.2) is 0 Å². The number of nitrogens with two attached hydrogens (primary N) is 2. The van der Waals surface area contributed by atoms with E-state index in [1.807, 2.05) is 6.07 Å². The van der Waals surface area contributed by atoms with E-state index in [2.05, 4.69) is 4.90 Å². The van der Waals surface area contributed by atoms with Gasteiger partial charge in [-0.3, -0.25) is 4.79 Å². The van der Waals surface area contributed by atoms with Crippen LogP contribution in [0, 0.1) is 0 Å². The molecule has 0 aliphatic heterocycles. The molecule has 1 aromatic rings. The van der Waals surface area contributed by atoms with Crippen molar-refractivity contribution in [2.24, 2.45) is 5.73 Å². The number of hydrogen-bond donors (Lipinski definition) is 3. The van der Waals surface area contributed by atoms with Crippen molar-refractivity contribution in [3.05, 3.63) is 23.8 Å². The quantitative estimate of drug-likeness (QED) is 0.711. The Morgan fingerprint density at radius 3 is 2.60 bits per heavy atom. The van der Waals surface area contributed by atoms with Crippen molar-refractivity contribution in [3.63, 3.8) is 0 Å². The molecule has 0 saturated heterocycles. The first-order valence-electron chi connectivity index (χ1n) is 7.20. The van der Waals surface area contributed by atoms with Crippen LogP contribution < -0.4 is 16.4 Å². The maximum Gasteiger partial charge on any atom is 0.250 e. The van der Waals surface area contributed by atoms with E-state index in [1.165, 1.54) is 19.3 Å². The summed E-state index contributed by atoms with van der Waals surface area (Å²) in [5.74, 6) is -0.517. The first-order chi connectivity index (χ1) is 9.63. The molecule has 0 aromatic heterocycles. The number of aliphatic hydroxyl groups excluding tert-OH is 1. The Bertz CT molecular complexity index is 470. The molecule has 0 radical (unpaired) electrons. The lowest BCUT2D eigenvalue weighted by Gasteiger charge is -2.36. The van der Waals surface area contributed by atoms with Gasteiger partial charge < -0.3 is 21.5 Å². The summed E-state index contributed by atoms with van der Waals surface area (Å²) in [6.07, 6.45) is 5.94. The van der Waals surface area contributed by atoms with Crippen LogP contribution in [0.15, 0.2) is 18.2 Å². The van der Waals surface area contributed by atoms with Gasteiger partial charge in [-0.05, 0) is 31.0 Å². The second-order valence-corrected chi connectivity index (χ2v) is 5.34. The summed E-state index contributed by atoms with van der Waals surface area (Å²) in [5.41, 5.74) is 12.8. The number of benzene rings is 1. The summed E-state index contributed by atoms with van der Waals surface area (Å²) in [4.78, 5) is 13.6. The lowest BCUT2D eigenvalue weighted by atomic mass is 9.93. The molecule has 1 aliphatic carbocycles. The minimum Gasteiger partial charge on any atom is -0.398 e. The van der Waals surface area contributed by atoms with Gasteiger partial charge in [-0.2, -0.15) is 0 Å². The second-order valence-electron chi connectivity index (χ2n) is 5.34. The highest BCUT2D eigenvalue weighted by molar-refractivity contribution is 5.99. The number of carbonyl (C=O) groups excluding carboxylic acids is 1. The van der Waals surface area contributed by atoms with Crippen molar-refractivity contribution >= 4 is 17.3 Å². The molecule has 1 aliphatic rings. The molecule has 5 heteroatoms. The van der Waals surface area contributed by atoms with Crippen LogP contribution in [-0.2, 0) is 0 Å². The van der Waals surface area contributed by atoms with Crippen LogP contribution in [-0.4, -0.2) is 30.2 Å².